The summed E-state index contributed by atoms with van der Waals surface area (Å²) in [4.78, 5) is 14.9. The van der Waals surface area contributed by atoms with Crippen molar-refractivity contribution in [1.29, 1.82) is 0 Å². The minimum atomic E-state index is -1.50. The molecule has 124 valence electrons. The van der Waals surface area contributed by atoms with E-state index in [0.29, 0.717) is 0 Å². The molecule has 1 aromatic heterocycles. The van der Waals surface area contributed by atoms with Crippen LogP contribution in [0.1, 0.15) is 19.5 Å². The standard InChI is InChI=1S/C18H17FN2O3/c1-11-15(14-10-6-8-12-7-4-5-9-13(12)14)16(21-20-11)23-18(2,3)17(22)24-19/h4-10H,1-3H3,(H,20,21). The van der Waals surface area contributed by atoms with Gasteiger partial charge in [0.15, 0.2) is 0 Å². The van der Waals surface area contributed by atoms with E-state index in [1.165, 1.54) is 13.8 Å². The topological polar surface area (TPSA) is 64.2 Å². The summed E-state index contributed by atoms with van der Waals surface area (Å²) in [7, 11) is 0. The Balaban J connectivity index is 2.13. The van der Waals surface area contributed by atoms with E-state index in [9.17, 15) is 9.32 Å². The lowest BCUT2D eigenvalue weighted by molar-refractivity contribution is -0.199. The number of benzene rings is 2. The monoisotopic (exact) mass is 328 g/mol. The Morgan fingerprint density at radius 3 is 2.62 bits per heavy atom. The Labute approximate surface area is 138 Å². The Kier molecular flexibility index (Phi) is 3.97. The van der Waals surface area contributed by atoms with Gasteiger partial charge in [0.05, 0.1) is 5.56 Å². The van der Waals surface area contributed by atoms with Crippen molar-refractivity contribution >= 4 is 16.7 Å². The molecule has 0 amide bonds. The summed E-state index contributed by atoms with van der Waals surface area (Å²) in [6, 6.07) is 13.8. The lowest BCUT2D eigenvalue weighted by Crippen LogP contribution is -2.38. The number of ether oxygens (including phenoxy) is 1. The first-order valence-corrected chi connectivity index (χ1v) is 7.49. The van der Waals surface area contributed by atoms with E-state index >= 15 is 0 Å². The zero-order chi connectivity index (χ0) is 17.3. The second kappa shape index (κ2) is 5.96. The van der Waals surface area contributed by atoms with Crippen LogP contribution in [0.2, 0.25) is 0 Å². The van der Waals surface area contributed by atoms with Crippen LogP contribution in [0.3, 0.4) is 0 Å². The molecule has 24 heavy (non-hydrogen) atoms. The smallest absolute Gasteiger partial charge is 0.391 e. The highest BCUT2D eigenvalue weighted by molar-refractivity contribution is 5.98. The summed E-state index contributed by atoms with van der Waals surface area (Å²) < 4.78 is 17.9. The number of hydrogen-bond donors (Lipinski definition) is 1. The van der Waals surface area contributed by atoms with E-state index in [0.717, 1.165) is 27.6 Å². The third-order valence-corrected chi connectivity index (χ3v) is 3.89. The largest absolute Gasteiger partial charge is 0.458 e. The molecule has 1 N–H and O–H groups in total. The number of halogens is 1. The minimum absolute atomic E-state index is 0.222. The Hall–Kier alpha value is -2.89. The summed E-state index contributed by atoms with van der Waals surface area (Å²) in [6.07, 6.45) is 0. The molecule has 0 saturated carbocycles. The fourth-order valence-electron chi connectivity index (χ4n) is 2.62. The van der Waals surface area contributed by atoms with E-state index in [-0.39, 0.29) is 5.88 Å². The predicted molar refractivity (Wildman–Crippen MR) is 88.2 cm³/mol. The van der Waals surface area contributed by atoms with E-state index < -0.39 is 11.6 Å². The zero-order valence-electron chi connectivity index (χ0n) is 13.6. The molecule has 3 aromatic rings. The first kappa shape index (κ1) is 16.0. The average Bonchev–Trinajstić information content (AvgIpc) is 2.93. The van der Waals surface area contributed by atoms with E-state index in [1.807, 2.05) is 49.4 Å². The second-order valence-electron chi connectivity index (χ2n) is 6.03. The molecule has 3 rings (SSSR count). The fraction of sp³-hybridized carbons (Fsp3) is 0.222. The summed E-state index contributed by atoms with van der Waals surface area (Å²) in [6.45, 7) is 4.70. The van der Waals surface area contributed by atoms with Crippen LogP contribution in [0.4, 0.5) is 4.53 Å². The summed E-state index contributed by atoms with van der Waals surface area (Å²) in [5, 5.41) is 9.08. The highest BCUT2D eigenvalue weighted by Crippen LogP contribution is 2.37. The van der Waals surface area contributed by atoms with Crippen LogP contribution in [0.15, 0.2) is 42.5 Å². The van der Waals surface area contributed by atoms with Gasteiger partial charge in [-0.2, -0.15) is 0 Å². The maximum atomic E-state index is 12.3. The van der Waals surface area contributed by atoms with Crippen LogP contribution in [0.5, 0.6) is 5.88 Å². The van der Waals surface area contributed by atoms with Crippen LogP contribution in [-0.4, -0.2) is 21.8 Å². The van der Waals surface area contributed by atoms with Crippen LogP contribution in [0.25, 0.3) is 21.9 Å². The Morgan fingerprint density at radius 2 is 1.88 bits per heavy atom. The van der Waals surface area contributed by atoms with E-state index in [4.69, 9.17) is 4.74 Å². The predicted octanol–water partition coefficient (Wildman–Crippen LogP) is 4.12. The Bertz CT molecular complexity index is 897. The fourth-order valence-corrected chi connectivity index (χ4v) is 2.62. The third kappa shape index (κ3) is 2.71. The molecule has 2 aromatic carbocycles. The van der Waals surface area contributed by atoms with Crippen molar-refractivity contribution in [2.24, 2.45) is 0 Å². The van der Waals surface area contributed by atoms with Gasteiger partial charge in [0.25, 0.3) is 0 Å². The zero-order valence-corrected chi connectivity index (χ0v) is 13.6. The number of carbonyl (C=O) groups is 1. The van der Waals surface area contributed by atoms with Gasteiger partial charge in [0, 0.05) is 10.2 Å². The number of fused-ring (bicyclic) bond motifs is 1. The second-order valence-corrected chi connectivity index (χ2v) is 6.03. The number of hydrogen-bond acceptors (Lipinski definition) is 4. The van der Waals surface area contributed by atoms with Crippen molar-refractivity contribution in [3.8, 4) is 17.0 Å². The van der Waals surface area contributed by atoms with Crippen molar-refractivity contribution in [2.45, 2.75) is 26.4 Å². The van der Waals surface area contributed by atoms with Gasteiger partial charge in [-0.05, 0) is 37.1 Å². The molecule has 0 unspecified atom stereocenters. The van der Waals surface area contributed by atoms with E-state index in [1.54, 1.807) is 0 Å². The Morgan fingerprint density at radius 1 is 1.17 bits per heavy atom. The number of nitrogens with zero attached hydrogens (tertiary/aromatic N) is 1. The average molecular weight is 328 g/mol. The number of aromatic nitrogens is 2. The quantitative estimate of drug-likeness (QED) is 0.782. The molecule has 0 aliphatic heterocycles. The van der Waals surface area contributed by atoms with Crippen LogP contribution < -0.4 is 4.74 Å². The van der Waals surface area contributed by atoms with Gasteiger partial charge in [-0.3, -0.25) is 10.0 Å². The summed E-state index contributed by atoms with van der Waals surface area (Å²) in [5.41, 5.74) is 0.923. The van der Waals surface area contributed by atoms with Gasteiger partial charge in [-0.1, -0.05) is 42.5 Å². The maximum Gasteiger partial charge on any atom is 0.391 e. The molecule has 0 saturated heterocycles. The lowest BCUT2D eigenvalue weighted by Gasteiger charge is -2.21. The van der Waals surface area contributed by atoms with Crippen LogP contribution >= 0.6 is 0 Å². The summed E-state index contributed by atoms with van der Waals surface area (Å²) in [5.74, 6) is -0.897. The van der Waals surface area contributed by atoms with Crippen LogP contribution in [-0.2, 0) is 9.74 Å². The molecular weight excluding hydrogens is 311 g/mol. The lowest BCUT2D eigenvalue weighted by atomic mass is 9.98. The molecule has 0 aliphatic rings. The molecular formula is C18H17FN2O3. The molecule has 0 spiro atoms. The first-order valence-electron chi connectivity index (χ1n) is 7.49. The molecule has 0 aliphatic carbocycles. The van der Waals surface area contributed by atoms with Crippen molar-refractivity contribution in [1.82, 2.24) is 10.2 Å². The molecule has 6 heteroatoms. The van der Waals surface area contributed by atoms with Gasteiger partial charge in [-0.25, -0.2) is 4.79 Å². The van der Waals surface area contributed by atoms with Gasteiger partial charge in [0.2, 0.25) is 11.5 Å². The summed E-state index contributed by atoms with van der Waals surface area (Å²) >= 11 is 0. The highest BCUT2D eigenvalue weighted by Gasteiger charge is 2.35. The third-order valence-electron chi connectivity index (χ3n) is 3.89. The molecule has 0 atom stereocenters. The number of aromatic amines is 1. The molecule has 0 bridgehead atoms. The molecule has 0 fully saturated rings. The van der Waals surface area contributed by atoms with Gasteiger partial charge in [-0.15, -0.1) is 5.10 Å². The molecule has 1 heterocycles. The molecule has 0 radical (unpaired) electrons. The van der Waals surface area contributed by atoms with Crippen molar-refractivity contribution in [3.05, 3.63) is 48.2 Å². The number of carbonyl (C=O) groups excluding carboxylic acids is 1. The van der Waals surface area contributed by atoms with Crippen molar-refractivity contribution in [3.63, 3.8) is 0 Å². The number of nitrogens with one attached hydrogen (secondary N) is 1. The van der Waals surface area contributed by atoms with Gasteiger partial charge in [0.1, 0.15) is 0 Å². The van der Waals surface area contributed by atoms with Crippen LogP contribution in [0, 0.1) is 6.92 Å². The maximum absolute atomic E-state index is 12.3. The molecule has 5 nitrogen and oxygen atoms in total. The van der Waals surface area contributed by atoms with E-state index in [2.05, 4.69) is 15.1 Å². The highest BCUT2D eigenvalue weighted by atomic mass is 19.3. The van der Waals surface area contributed by atoms with Gasteiger partial charge >= 0.3 is 5.97 Å². The SMILES string of the molecule is Cc1[nH]nc(OC(C)(C)C(=O)OF)c1-c1cccc2ccccc12. The van der Waals surface area contributed by atoms with Gasteiger partial charge < -0.3 is 4.74 Å². The van der Waals surface area contributed by atoms with Crippen molar-refractivity contribution in [2.75, 3.05) is 0 Å². The number of aryl methyl sites for hydroxylation is 1. The van der Waals surface area contributed by atoms with Crippen molar-refractivity contribution < 1.29 is 19.0 Å². The number of rotatable bonds is 4. The number of H-pyrrole nitrogens is 1. The normalized spacial score (nSPS) is 11.5. The minimum Gasteiger partial charge on any atom is -0.458 e. The first-order chi connectivity index (χ1) is 11.4.